The third kappa shape index (κ3) is 2.79. The van der Waals surface area contributed by atoms with Crippen LogP contribution in [0.5, 0.6) is 11.5 Å². The van der Waals surface area contributed by atoms with E-state index in [9.17, 15) is 0 Å². The topological polar surface area (TPSA) is 18.5 Å². The standard InChI is InChI=1S/C10H12BrClO2/c1-6(2)14-10-5-8(12)7(11)4-9(10)13-3/h4-6H,1-3H3. The average molecular weight is 280 g/mol. The molecule has 0 aromatic heterocycles. The second kappa shape index (κ2) is 4.89. The molecule has 0 atom stereocenters. The smallest absolute Gasteiger partial charge is 0.163 e. The van der Waals surface area contributed by atoms with Crippen LogP contribution >= 0.6 is 27.5 Å². The second-order valence-corrected chi connectivity index (χ2v) is 4.35. The van der Waals surface area contributed by atoms with E-state index >= 15 is 0 Å². The third-order valence-corrected chi connectivity index (χ3v) is 2.77. The van der Waals surface area contributed by atoms with E-state index < -0.39 is 0 Å². The van der Waals surface area contributed by atoms with Crippen molar-refractivity contribution in [2.45, 2.75) is 20.0 Å². The lowest BCUT2D eigenvalue weighted by molar-refractivity contribution is 0.230. The maximum absolute atomic E-state index is 5.94. The molecule has 0 aliphatic carbocycles. The summed E-state index contributed by atoms with van der Waals surface area (Å²) in [6.45, 7) is 3.91. The minimum Gasteiger partial charge on any atom is -0.493 e. The molecule has 1 aromatic rings. The van der Waals surface area contributed by atoms with E-state index in [0.717, 1.165) is 4.47 Å². The summed E-state index contributed by atoms with van der Waals surface area (Å²) in [5, 5.41) is 0.612. The van der Waals surface area contributed by atoms with Gasteiger partial charge in [0, 0.05) is 10.5 Å². The van der Waals surface area contributed by atoms with Crippen molar-refractivity contribution in [3.05, 3.63) is 21.6 Å². The Balaban J connectivity index is 3.07. The molecule has 1 aromatic carbocycles. The van der Waals surface area contributed by atoms with Crippen molar-refractivity contribution >= 4 is 27.5 Å². The lowest BCUT2D eigenvalue weighted by atomic mass is 10.3. The Kier molecular flexibility index (Phi) is 4.08. The first-order chi connectivity index (χ1) is 6.54. The van der Waals surface area contributed by atoms with Crippen molar-refractivity contribution in [1.82, 2.24) is 0 Å². The summed E-state index contributed by atoms with van der Waals surface area (Å²) in [6, 6.07) is 3.53. The molecule has 0 spiro atoms. The number of hydrogen-bond acceptors (Lipinski definition) is 2. The number of ether oxygens (including phenoxy) is 2. The summed E-state index contributed by atoms with van der Waals surface area (Å²) >= 11 is 9.26. The Morgan fingerprint density at radius 2 is 1.93 bits per heavy atom. The molecule has 0 N–H and O–H groups in total. The maximum Gasteiger partial charge on any atom is 0.163 e. The van der Waals surface area contributed by atoms with Crippen LogP contribution in [0.4, 0.5) is 0 Å². The number of hydrogen-bond donors (Lipinski definition) is 0. The van der Waals surface area contributed by atoms with Crippen LogP contribution in [-0.2, 0) is 0 Å². The van der Waals surface area contributed by atoms with E-state index in [-0.39, 0.29) is 6.10 Å². The van der Waals surface area contributed by atoms with Crippen LogP contribution in [0.15, 0.2) is 16.6 Å². The van der Waals surface area contributed by atoms with Crippen LogP contribution < -0.4 is 9.47 Å². The highest BCUT2D eigenvalue weighted by Crippen LogP contribution is 2.36. The molecule has 0 saturated carbocycles. The number of rotatable bonds is 3. The lowest BCUT2D eigenvalue weighted by Gasteiger charge is -2.14. The number of methoxy groups -OCH3 is 1. The van der Waals surface area contributed by atoms with Crippen molar-refractivity contribution in [2.24, 2.45) is 0 Å². The van der Waals surface area contributed by atoms with E-state index in [4.69, 9.17) is 21.1 Å². The normalized spacial score (nSPS) is 10.4. The molecule has 78 valence electrons. The molecule has 0 amide bonds. The minimum atomic E-state index is 0.0983. The largest absolute Gasteiger partial charge is 0.493 e. The molecule has 0 aliphatic rings. The predicted octanol–water partition coefficient (Wildman–Crippen LogP) is 3.90. The van der Waals surface area contributed by atoms with E-state index in [1.165, 1.54) is 0 Å². The van der Waals surface area contributed by atoms with Gasteiger partial charge in [0.15, 0.2) is 11.5 Å². The predicted molar refractivity (Wildman–Crippen MR) is 61.5 cm³/mol. The fourth-order valence-corrected chi connectivity index (χ4v) is 1.49. The summed E-state index contributed by atoms with van der Waals surface area (Å²) < 4.78 is 11.5. The van der Waals surface area contributed by atoms with Gasteiger partial charge in [0.05, 0.1) is 18.2 Å². The third-order valence-electron chi connectivity index (χ3n) is 1.57. The molecule has 0 fully saturated rings. The molecule has 0 bridgehead atoms. The molecule has 2 nitrogen and oxygen atoms in total. The highest BCUT2D eigenvalue weighted by molar-refractivity contribution is 9.10. The Hall–Kier alpha value is -0.410. The van der Waals surface area contributed by atoms with E-state index in [2.05, 4.69) is 15.9 Å². The van der Waals surface area contributed by atoms with Crippen LogP contribution in [0.1, 0.15) is 13.8 Å². The van der Waals surface area contributed by atoms with Crippen LogP contribution in [0.25, 0.3) is 0 Å². The van der Waals surface area contributed by atoms with Gasteiger partial charge in [-0.2, -0.15) is 0 Å². The molecular weight excluding hydrogens is 267 g/mol. The van der Waals surface area contributed by atoms with Gasteiger partial charge in [0.25, 0.3) is 0 Å². The summed E-state index contributed by atoms with van der Waals surface area (Å²) in [5.41, 5.74) is 0. The number of benzene rings is 1. The molecule has 0 unspecified atom stereocenters. The molecule has 1 rings (SSSR count). The van der Waals surface area contributed by atoms with Gasteiger partial charge in [-0.3, -0.25) is 0 Å². The minimum absolute atomic E-state index is 0.0983. The summed E-state index contributed by atoms with van der Waals surface area (Å²) in [6.07, 6.45) is 0.0983. The Bertz CT molecular complexity index is 326. The zero-order valence-electron chi connectivity index (χ0n) is 8.30. The fourth-order valence-electron chi connectivity index (χ4n) is 1.02. The first-order valence-corrected chi connectivity index (χ1v) is 5.41. The summed E-state index contributed by atoms with van der Waals surface area (Å²) in [5.74, 6) is 1.34. The molecule has 14 heavy (non-hydrogen) atoms. The molecule has 0 aliphatic heterocycles. The quantitative estimate of drug-likeness (QED) is 0.835. The molecule has 0 heterocycles. The van der Waals surface area contributed by atoms with Crippen LogP contribution in [-0.4, -0.2) is 13.2 Å². The van der Waals surface area contributed by atoms with Crippen LogP contribution in [0.3, 0.4) is 0 Å². The Labute approximate surface area is 97.3 Å². The van der Waals surface area contributed by atoms with Crippen LogP contribution in [0, 0.1) is 0 Å². The molecular formula is C10H12BrClO2. The molecule has 4 heteroatoms. The average Bonchev–Trinajstić information content (AvgIpc) is 2.10. The first-order valence-electron chi connectivity index (χ1n) is 4.24. The molecule has 0 saturated heterocycles. The van der Waals surface area contributed by atoms with Gasteiger partial charge >= 0.3 is 0 Å². The summed E-state index contributed by atoms with van der Waals surface area (Å²) in [7, 11) is 1.60. The maximum atomic E-state index is 5.94. The van der Waals surface area contributed by atoms with Crippen molar-refractivity contribution in [2.75, 3.05) is 7.11 Å². The van der Waals surface area contributed by atoms with E-state index in [0.29, 0.717) is 16.5 Å². The molecule has 0 radical (unpaired) electrons. The van der Waals surface area contributed by atoms with Gasteiger partial charge in [-0.1, -0.05) is 11.6 Å². The van der Waals surface area contributed by atoms with Crippen molar-refractivity contribution < 1.29 is 9.47 Å². The highest BCUT2D eigenvalue weighted by Gasteiger charge is 2.09. The lowest BCUT2D eigenvalue weighted by Crippen LogP contribution is -2.06. The number of halogens is 2. The summed E-state index contributed by atoms with van der Waals surface area (Å²) in [4.78, 5) is 0. The fraction of sp³-hybridized carbons (Fsp3) is 0.400. The van der Waals surface area contributed by atoms with Crippen LogP contribution in [0.2, 0.25) is 5.02 Å². The van der Waals surface area contributed by atoms with E-state index in [1.807, 2.05) is 13.8 Å². The van der Waals surface area contributed by atoms with Gasteiger partial charge in [0.1, 0.15) is 0 Å². The van der Waals surface area contributed by atoms with Crippen molar-refractivity contribution in [3.8, 4) is 11.5 Å². The zero-order valence-corrected chi connectivity index (χ0v) is 10.6. The first kappa shape index (κ1) is 11.7. The van der Waals surface area contributed by atoms with Gasteiger partial charge < -0.3 is 9.47 Å². The highest BCUT2D eigenvalue weighted by atomic mass is 79.9. The Morgan fingerprint density at radius 3 is 2.43 bits per heavy atom. The van der Waals surface area contributed by atoms with Crippen molar-refractivity contribution in [3.63, 3.8) is 0 Å². The van der Waals surface area contributed by atoms with Gasteiger partial charge in [-0.25, -0.2) is 0 Å². The van der Waals surface area contributed by atoms with Crippen molar-refractivity contribution in [1.29, 1.82) is 0 Å². The van der Waals surface area contributed by atoms with Gasteiger partial charge in [-0.05, 0) is 35.8 Å². The second-order valence-electron chi connectivity index (χ2n) is 3.08. The van der Waals surface area contributed by atoms with Gasteiger partial charge in [0.2, 0.25) is 0 Å². The van der Waals surface area contributed by atoms with E-state index in [1.54, 1.807) is 19.2 Å². The SMILES string of the molecule is COc1cc(Br)c(Cl)cc1OC(C)C. The Morgan fingerprint density at radius 1 is 1.29 bits per heavy atom. The van der Waals surface area contributed by atoms with Gasteiger partial charge in [-0.15, -0.1) is 0 Å². The zero-order chi connectivity index (χ0) is 10.7. The monoisotopic (exact) mass is 278 g/mol.